The lowest BCUT2D eigenvalue weighted by molar-refractivity contribution is -0.120. The summed E-state index contributed by atoms with van der Waals surface area (Å²) in [4.78, 5) is 16.9. The molecule has 2 aromatic carbocycles. The number of fused-ring (bicyclic) bond motifs is 3. The molecule has 0 saturated heterocycles. The summed E-state index contributed by atoms with van der Waals surface area (Å²) in [6.07, 6.45) is 3.61. The number of rotatable bonds is 2. The minimum absolute atomic E-state index is 0.000411. The highest BCUT2D eigenvalue weighted by molar-refractivity contribution is 7.23. The van der Waals surface area contributed by atoms with Crippen molar-refractivity contribution in [2.75, 3.05) is 5.32 Å². The van der Waals surface area contributed by atoms with Crippen molar-refractivity contribution >= 4 is 43.4 Å². The Morgan fingerprint density at radius 2 is 2.17 bits per heavy atom. The Balaban J connectivity index is 1.63. The molecule has 3 aromatic rings. The van der Waals surface area contributed by atoms with Gasteiger partial charge in [-0.1, -0.05) is 23.8 Å². The summed E-state index contributed by atoms with van der Waals surface area (Å²) < 4.78 is 14.3. The van der Waals surface area contributed by atoms with Gasteiger partial charge in [0.05, 0.1) is 10.2 Å². The first kappa shape index (κ1) is 15.5. The van der Waals surface area contributed by atoms with Crippen LogP contribution in [-0.2, 0) is 4.79 Å². The topological polar surface area (TPSA) is 68.0 Å². The Morgan fingerprint density at radius 3 is 3.00 bits per heavy atom. The Hall–Kier alpha value is -2.05. The number of nitrogens with zero attached hydrogens (tertiary/aromatic N) is 1. The van der Waals surface area contributed by atoms with E-state index >= 15 is 0 Å². The van der Waals surface area contributed by atoms with Gasteiger partial charge >= 0.3 is 0 Å². The maximum atomic E-state index is 13.4. The molecule has 1 fully saturated rings. The van der Waals surface area contributed by atoms with Crippen LogP contribution < -0.4 is 11.1 Å². The van der Waals surface area contributed by atoms with Gasteiger partial charge in [0, 0.05) is 17.3 Å². The third-order valence-corrected chi connectivity index (χ3v) is 5.67. The number of anilines is 1. The number of benzene rings is 2. The minimum atomic E-state index is -0.256. The van der Waals surface area contributed by atoms with Crippen molar-refractivity contribution in [1.82, 2.24) is 4.98 Å². The van der Waals surface area contributed by atoms with E-state index in [0.717, 1.165) is 46.7 Å². The highest BCUT2D eigenvalue weighted by atomic mass is 32.1. The second kappa shape index (κ2) is 6.11. The molecule has 1 aliphatic rings. The second-order valence-corrected chi connectivity index (χ2v) is 7.41. The standard InChI is InChI=1S/C18H18FN3OS/c19-12-5-6-14-10(8-12)4-7-15-16(14)24-18(21-15)22-17(23)11-2-1-3-13(20)9-11/h4-8,11,13H,1-3,9,20H2,(H,21,22,23)/t11-,13+/m0/s1. The zero-order chi connectivity index (χ0) is 16.7. The zero-order valence-corrected chi connectivity index (χ0v) is 13.9. The minimum Gasteiger partial charge on any atom is -0.328 e. The van der Waals surface area contributed by atoms with E-state index in [9.17, 15) is 9.18 Å². The Bertz CT molecular complexity index is 923. The number of aromatic nitrogens is 1. The van der Waals surface area contributed by atoms with Gasteiger partial charge in [0.2, 0.25) is 5.91 Å². The normalized spacial score (nSPS) is 21.2. The number of nitrogens with two attached hydrogens (primary N) is 1. The summed E-state index contributed by atoms with van der Waals surface area (Å²) in [7, 11) is 0. The quantitative estimate of drug-likeness (QED) is 0.738. The average molecular weight is 343 g/mol. The summed E-state index contributed by atoms with van der Waals surface area (Å²) in [6.45, 7) is 0. The van der Waals surface area contributed by atoms with Crippen LogP contribution in [0.4, 0.5) is 9.52 Å². The van der Waals surface area contributed by atoms with Crippen molar-refractivity contribution in [3.8, 4) is 0 Å². The molecule has 1 heterocycles. The van der Waals surface area contributed by atoms with Gasteiger partial charge in [0.1, 0.15) is 5.82 Å². The van der Waals surface area contributed by atoms with Crippen LogP contribution in [0.15, 0.2) is 30.3 Å². The molecule has 0 spiro atoms. The number of nitrogens with one attached hydrogen (secondary N) is 1. The largest absolute Gasteiger partial charge is 0.328 e. The first-order chi connectivity index (χ1) is 11.6. The molecule has 4 nitrogen and oxygen atoms in total. The monoisotopic (exact) mass is 343 g/mol. The van der Waals surface area contributed by atoms with E-state index in [0.29, 0.717) is 5.13 Å². The van der Waals surface area contributed by atoms with Crippen LogP contribution in [0, 0.1) is 11.7 Å². The molecule has 4 rings (SSSR count). The lowest BCUT2D eigenvalue weighted by Gasteiger charge is -2.25. The van der Waals surface area contributed by atoms with Gasteiger partial charge < -0.3 is 11.1 Å². The molecule has 0 bridgehead atoms. The van der Waals surface area contributed by atoms with Gasteiger partial charge in [-0.3, -0.25) is 4.79 Å². The maximum Gasteiger partial charge on any atom is 0.229 e. The van der Waals surface area contributed by atoms with Crippen molar-refractivity contribution in [2.45, 2.75) is 31.7 Å². The molecule has 24 heavy (non-hydrogen) atoms. The Labute approximate surface area is 142 Å². The fraction of sp³-hybridized carbons (Fsp3) is 0.333. The van der Waals surface area contributed by atoms with Gasteiger partial charge in [0.25, 0.3) is 0 Å². The van der Waals surface area contributed by atoms with Gasteiger partial charge in [-0.2, -0.15) is 0 Å². The molecule has 1 amide bonds. The molecule has 1 aromatic heterocycles. The lowest BCUT2D eigenvalue weighted by atomic mass is 9.86. The predicted octanol–water partition coefficient (Wildman–Crippen LogP) is 4.04. The average Bonchev–Trinajstić information content (AvgIpc) is 2.97. The zero-order valence-electron chi connectivity index (χ0n) is 13.1. The molecule has 1 aliphatic carbocycles. The van der Waals surface area contributed by atoms with E-state index < -0.39 is 0 Å². The predicted molar refractivity (Wildman–Crippen MR) is 95.6 cm³/mol. The summed E-state index contributed by atoms with van der Waals surface area (Å²) in [5.41, 5.74) is 6.78. The van der Waals surface area contributed by atoms with Crippen LogP contribution in [-0.4, -0.2) is 16.9 Å². The van der Waals surface area contributed by atoms with E-state index in [-0.39, 0.29) is 23.7 Å². The number of hydrogen-bond donors (Lipinski definition) is 2. The Morgan fingerprint density at radius 1 is 1.29 bits per heavy atom. The molecule has 0 unspecified atom stereocenters. The summed E-state index contributed by atoms with van der Waals surface area (Å²) in [5, 5.41) is 5.31. The summed E-state index contributed by atoms with van der Waals surface area (Å²) >= 11 is 1.43. The first-order valence-corrected chi connectivity index (χ1v) is 8.97. The van der Waals surface area contributed by atoms with Crippen molar-refractivity contribution in [3.63, 3.8) is 0 Å². The van der Waals surface area contributed by atoms with E-state index in [1.165, 1.54) is 23.5 Å². The molecule has 3 N–H and O–H groups in total. The molecule has 1 saturated carbocycles. The van der Waals surface area contributed by atoms with Gasteiger partial charge in [-0.05, 0) is 48.9 Å². The van der Waals surface area contributed by atoms with Crippen LogP contribution in [0.3, 0.4) is 0 Å². The fourth-order valence-corrected chi connectivity index (χ4v) is 4.41. The molecule has 124 valence electrons. The number of amides is 1. The van der Waals surface area contributed by atoms with Crippen LogP contribution in [0.1, 0.15) is 25.7 Å². The van der Waals surface area contributed by atoms with Crippen molar-refractivity contribution in [3.05, 3.63) is 36.1 Å². The van der Waals surface area contributed by atoms with Crippen molar-refractivity contribution in [2.24, 2.45) is 11.7 Å². The first-order valence-electron chi connectivity index (χ1n) is 8.15. The van der Waals surface area contributed by atoms with Gasteiger partial charge in [0.15, 0.2) is 5.13 Å². The van der Waals surface area contributed by atoms with E-state index in [2.05, 4.69) is 10.3 Å². The molecule has 2 atom stereocenters. The number of thiazole rings is 1. The summed E-state index contributed by atoms with van der Waals surface area (Å²) in [5.74, 6) is -0.292. The molecular weight excluding hydrogens is 325 g/mol. The highest BCUT2D eigenvalue weighted by Gasteiger charge is 2.26. The van der Waals surface area contributed by atoms with Gasteiger partial charge in [-0.25, -0.2) is 9.37 Å². The number of hydrogen-bond acceptors (Lipinski definition) is 4. The van der Waals surface area contributed by atoms with E-state index in [1.54, 1.807) is 6.07 Å². The summed E-state index contributed by atoms with van der Waals surface area (Å²) in [6, 6.07) is 8.55. The van der Waals surface area contributed by atoms with Crippen LogP contribution >= 0.6 is 11.3 Å². The fourth-order valence-electron chi connectivity index (χ4n) is 3.41. The third-order valence-electron chi connectivity index (χ3n) is 4.65. The Kier molecular flexibility index (Phi) is 3.94. The number of halogens is 1. The smallest absolute Gasteiger partial charge is 0.229 e. The van der Waals surface area contributed by atoms with E-state index in [1.807, 2.05) is 12.1 Å². The lowest BCUT2D eigenvalue weighted by Crippen LogP contribution is -2.34. The second-order valence-electron chi connectivity index (χ2n) is 6.41. The highest BCUT2D eigenvalue weighted by Crippen LogP contribution is 2.33. The van der Waals surface area contributed by atoms with Crippen molar-refractivity contribution < 1.29 is 9.18 Å². The van der Waals surface area contributed by atoms with Gasteiger partial charge in [-0.15, -0.1) is 0 Å². The molecular formula is C18H18FN3OS. The molecule has 0 radical (unpaired) electrons. The maximum absolute atomic E-state index is 13.4. The van der Waals surface area contributed by atoms with Crippen molar-refractivity contribution in [1.29, 1.82) is 0 Å². The molecule has 0 aliphatic heterocycles. The number of carbonyl (C=O) groups excluding carboxylic acids is 1. The van der Waals surface area contributed by atoms with Crippen LogP contribution in [0.2, 0.25) is 0 Å². The third kappa shape index (κ3) is 2.87. The SMILES string of the molecule is N[C@@H]1CCC[C@H](C(=O)Nc2nc3ccc4cc(F)ccc4c3s2)C1. The van der Waals surface area contributed by atoms with Crippen LogP contribution in [0.25, 0.3) is 21.0 Å². The molecule has 6 heteroatoms. The van der Waals surface area contributed by atoms with E-state index in [4.69, 9.17) is 5.73 Å². The van der Waals surface area contributed by atoms with Crippen LogP contribution in [0.5, 0.6) is 0 Å². The number of carbonyl (C=O) groups is 1.